The summed E-state index contributed by atoms with van der Waals surface area (Å²) in [6, 6.07) is 0. The quantitative estimate of drug-likeness (QED) is 0.545. The van der Waals surface area contributed by atoms with Crippen LogP contribution in [0.4, 0.5) is 0 Å². The Morgan fingerprint density at radius 1 is 1.89 bits per heavy atom. The first kappa shape index (κ1) is 7.09. The molecule has 9 heavy (non-hydrogen) atoms. The Bertz CT molecular complexity index is 142. The monoisotopic (exact) mass is 146 g/mol. The first-order valence-electron chi connectivity index (χ1n) is 2.94. The smallest absolute Gasteiger partial charge is 0.178 e. The van der Waals surface area contributed by atoms with Gasteiger partial charge < -0.3 is 5.11 Å². The number of Topliss-reactive ketones (excluding diaryl/α,β-unsaturated/α-hetero) is 1. The van der Waals surface area contributed by atoms with Crippen LogP contribution in [0.1, 0.15) is 13.8 Å². The van der Waals surface area contributed by atoms with Crippen molar-refractivity contribution in [3.05, 3.63) is 0 Å². The molecule has 0 aromatic carbocycles. The molecule has 0 aromatic rings. The third kappa shape index (κ3) is 1.12. The molecule has 1 rings (SSSR count). The Kier molecular flexibility index (Phi) is 1.57. The highest BCUT2D eigenvalue weighted by Gasteiger charge is 2.40. The van der Waals surface area contributed by atoms with Crippen molar-refractivity contribution in [2.75, 3.05) is 5.75 Å². The minimum Gasteiger partial charge on any atom is -0.372 e. The molecule has 1 aliphatic heterocycles. The molecule has 0 saturated carbocycles. The van der Waals surface area contributed by atoms with Gasteiger partial charge in [-0.3, -0.25) is 4.79 Å². The fraction of sp³-hybridized carbons (Fsp3) is 0.833. The van der Waals surface area contributed by atoms with Gasteiger partial charge in [0.05, 0.1) is 0 Å². The second-order valence-electron chi connectivity index (χ2n) is 2.56. The molecule has 0 radical (unpaired) electrons. The molecule has 1 N–H and O–H groups in total. The number of ketones is 1. The zero-order valence-corrected chi connectivity index (χ0v) is 6.36. The molecule has 1 fully saturated rings. The molecule has 2 nitrogen and oxygen atoms in total. The van der Waals surface area contributed by atoms with E-state index in [4.69, 9.17) is 0 Å². The highest BCUT2D eigenvalue weighted by Crippen LogP contribution is 2.35. The minimum atomic E-state index is -1.10. The predicted molar refractivity (Wildman–Crippen MR) is 37.3 cm³/mol. The molecule has 1 heterocycles. The van der Waals surface area contributed by atoms with E-state index in [9.17, 15) is 9.90 Å². The van der Waals surface area contributed by atoms with Crippen LogP contribution < -0.4 is 0 Å². The van der Waals surface area contributed by atoms with Crippen LogP contribution in [0.3, 0.4) is 0 Å². The van der Waals surface area contributed by atoms with Crippen LogP contribution in [-0.4, -0.2) is 21.6 Å². The topological polar surface area (TPSA) is 37.3 Å². The van der Waals surface area contributed by atoms with Crippen LogP contribution in [-0.2, 0) is 4.79 Å². The Morgan fingerprint density at radius 2 is 2.44 bits per heavy atom. The summed E-state index contributed by atoms with van der Waals surface area (Å²) >= 11 is 1.32. The van der Waals surface area contributed by atoms with Crippen LogP contribution in [0.15, 0.2) is 0 Å². The molecule has 2 unspecified atom stereocenters. The zero-order valence-electron chi connectivity index (χ0n) is 5.55. The molecule has 1 aliphatic rings. The highest BCUT2D eigenvalue weighted by atomic mass is 32.2. The molecule has 0 bridgehead atoms. The van der Waals surface area contributed by atoms with Crippen molar-refractivity contribution < 1.29 is 9.90 Å². The fourth-order valence-corrected chi connectivity index (χ4v) is 1.96. The molecule has 1 saturated heterocycles. The Labute approximate surface area is 58.6 Å². The molecule has 52 valence electrons. The molecule has 0 aromatic heterocycles. The van der Waals surface area contributed by atoms with Crippen LogP contribution in [0.5, 0.6) is 0 Å². The summed E-state index contributed by atoms with van der Waals surface area (Å²) in [4.78, 5) is 9.86. The first-order valence-corrected chi connectivity index (χ1v) is 3.93. The number of aliphatic hydroxyl groups is 1. The highest BCUT2D eigenvalue weighted by molar-refractivity contribution is 8.01. The third-order valence-corrected chi connectivity index (χ3v) is 2.95. The fourth-order valence-electron chi connectivity index (χ4n) is 0.891. The largest absolute Gasteiger partial charge is 0.372 e. The van der Waals surface area contributed by atoms with Gasteiger partial charge in [0.2, 0.25) is 0 Å². The summed E-state index contributed by atoms with van der Waals surface area (Å²) in [5.41, 5.74) is 0. The third-order valence-electron chi connectivity index (χ3n) is 1.52. The summed E-state index contributed by atoms with van der Waals surface area (Å²) in [6.07, 6.45) is 0. The van der Waals surface area contributed by atoms with Crippen LogP contribution >= 0.6 is 11.8 Å². The van der Waals surface area contributed by atoms with Gasteiger partial charge in [-0.2, -0.15) is 0 Å². The Hall–Kier alpha value is -0.0200. The lowest BCUT2D eigenvalue weighted by Crippen LogP contribution is -2.28. The van der Waals surface area contributed by atoms with Crippen molar-refractivity contribution in [1.82, 2.24) is 0 Å². The van der Waals surface area contributed by atoms with E-state index < -0.39 is 4.93 Å². The second-order valence-corrected chi connectivity index (χ2v) is 3.98. The molecular weight excluding hydrogens is 136 g/mol. The summed E-state index contributed by atoms with van der Waals surface area (Å²) in [5.74, 6) is 0.753. The van der Waals surface area contributed by atoms with Gasteiger partial charge in [0.15, 0.2) is 10.7 Å². The van der Waals surface area contributed by atoms with E-state index >= 15 is 0 Å². The lowest BCUT2D eigenvalue weighted by atomic mass is 10.1. The van der Waals surface area contributed by atoms with E-state index in [0.29, 0.717) is 0 Å². The number of hydrogen-bond acceptors (Lipinski definition) is 3. The summed E-state index contributed by atoms with van der Waals surface area (Å²) in [6.45, 7) is 3.40. The van der Waals surface area contributed by atoms with E-state index in [0.717, 1.165) is 5.75 Å². The second kappa shape index (κ2) is 1.99. The molecule has 0 amide bonds. The Balaban J connectivity index is 2.74. The molecular formula is C6H10O2S. The molecule has 3 heteroatoms. The lowest BCUT2D eigenvalue weighted by Gasteiger charge is -2.11. The standard InChI is InChI=1S/C6H10O2S/c1-4-3-9-6(2,8)5(4)7/h4,8H,3H2,1-2H3. The predicted octanol–water partition coefficient (Wildman–Crippen LogP) is 0.647. The first-order chi connectivity index (χ1) is 4.04. The van der Waals surface area contributed by atoms with Gasteiger partial charge in [0.1, 0.15) is 0 Å². The SMILES string of the molecule is CC1CSC(C)(O)C1=O. The van der Waals surface area contributed by atoms with Crippen LogP contribution in [0, 0.1) is 5.92 Å². The van der Waals surface area contributed by atoms with Crippen LogP contribution in [0.2, 0.25) is 0 Å². The van der Waals surface area contributed by atoms with Crippen LogP contribution in [0.25, 0.3) is 0 Å². The minimum absolute atomic E-state index is 0.0324. The van der Waals surface area contributed by atoms with Gasteiger partial charge in [0.25, 0.3) is 0 Å². The van der Waals surface area contributed by atoms with Gasteiger partial charge in [-0.25, -0.2) is 0 Å². The maximum absolute atomic E-state index is 11.0. The normalized spacial score (nSPS) is 43.9. The number of rotatable bonds is 0. The summed E-state index contributed by atoms with van der Waals surface area (Å²) < 4.78 is 0. The maximum Gasteiger partial charge on any atom is 0.178 e. The van der Waals surface area contributed by atoms with Gasteiger partial charge in [-0.1, -0.05) is 6.92 Å². The Morgan fingerprint density at radius 3 is 2.56 bits per heavy atom. The van der Waals surface area contributed by atoms with Crippen molar-refractivity contribution in [1.29, 1.82) is 0 Å². The van der Waals surface area contributed by atoms with Crippen molar-refractivity contribution in [2.45, 2.75) is 18.8 Å². The van der Waals surface area contributed by atoms with Gasteiger partial charge >= 0.3 is 0 Å². The van der Waals surface area contributed by atoms with Crippen molar-refractivity contribution >= 4 is 17.5 Å². The van der Waals surface area contributed by atoms with Crippen molar-refractivity contribution in [3.63, 3.8) is 0 Å². The van der Waals surface area contributed by atoms with E-state index in [1.54, 1.807) is 6.92 Å². The molecule has 0 spiro atoms. The van der Waals surface area contributed by atoms with Gasteiger partial charge in [0, 0.05) is 11.7 Å². The molecule has 0 aliphatic carbocycles. The summed E-state index contributed by atoms with van der Waals surface area (Å²) in [7, 11) is 0. The van der Waals surface area contributed by atoms with Crippen molar-refractivity contribution in [3.8, 4) is 0 Å². The average molecular weight is 146 g/mol. The van der Waals surface area contributed by atoms with E-state index in [-0.39, 0.29) is 11.7 Å². The number of carbonyl (C=O) groups excluding carboxylic acids is 1. The maximum atomic E-state index is 11.0. The number of hydrogen-bond donors (Lipinski definition) is 1. The van der Waals surface area contributed by atoms with Crippen molar-refractivity contribution in [2.24, 2.45) is 5.92 Å². The molecule has 2 atom stereocenters. The van der Waals surface area contributed by atoms with Gasteiger partial charge in [-0.05, 0) is 6.92 Å². The van der Waals surface area contributed by atoms with Gasteiger partial charge in [-0.15, -0.1) is 11.8 Å². The van der Waals surface area contributed by atoms with E-state index in [1.165, 1.54) is 11.8 Å². The zero-order chi connectivity index (χ0) is 7.07. The van der Waals surface area contributed by atoms with E-state index in [2.05, 4.69) is 0 Å². The number of thioether (sulfide) groups is 1. The number of carbonyl (C=O) groups is 1. The van der Waals surface area contributed by atoms with E-state index in [1.807, 2.05) is 6.92 Å². The summed E-state index contributed by atoms with van der Waals surface area (Å²) in [5, 5.41) is 9.25. The lowest BCUT2D eigenvalue weighted by molar-refractivity contribution is -0.130. The average Bonchev–Trinajstić information content (AvgIpc) is 1.97.